The van der Waals surface area contributed by atoms with Crippen LogP contribution in [0.4, 0.5) is 0 Å². The van der Waals surface area contributed by atoms with Gasteiger partial charge in [-0.05, 0) is 19.4 Å². The maximum atomic E-state index is 11.6. The van der Waals surface area contributed by atoms with Crippen molar-refractivity contribution in [2.75, 3.05) is 6.54 Å². The molecule has 3 N–H and O–H groups in total. The normalized spacial score (nSPS) is 12.1. The highest BCUT2D eigenvalue weighted by atomic mass is 16.4. The lowest BCUT2D eigenvalue weighted by molar-refractivity contribution is -0.141. The molecule has 0 aliphatic carbocycles. The van der Waals surface area contributed by atoms with Crippen molar-refractivity contribution in [2.24, 2.45) is 5.92 Å². The molecule has 1 atom stereocenters. The second-order valence-electron chi connectivity index (χ2n) is 3.97. The van der Waals surface area contributed by atoms with Gasteiger partial charge in [-0.2, -0.15) is 5.10 Å². The number of rotatable bonds is 6. The molecule has 0 saturated heterocycles. The molecule has 0 radical (unpaired) electrons. The minimum atomic E-state index is -0.884. The van der Waals surface area contributed by atoms with Crippen molar-refractivity contribution >= 4 is 11.9 Å². The predicted octanol–water partition coefficient (Wildman–Crippen LogP) is 0.949. The van der Waals surface area contributed by atoms with Crippen LogP contribution in [0.2, 0.25) is 0 Å². The average Bonchev–Trinajstić information content (AvgIpc) is 2.70. The van der Waals surface area contributed by atoms with Gasteiger partial charge in [-0.1, -0.05) is 13.3 Å². The van der Waals surface area contributed by atoms with Gasteiger partial charge in [-0.3, -0.25) is 14.7 Å². The number of hydrogen-bond acceptors (Lipinski definition) is 3. The highest BCUT2D eigenvalue weighted by molar-refractivity contribution is 5.92. The zero-order valence-electron chi connectivity index (χ0n) is 9.99. The van der Waals surface area contributed by atoms with Gasteiger partial charge in [0.2, 0.25) is 0 Å². The second-order valence-corrected chi connectivity index (χ2v) is 3.97. The quantitative estimate of drug-likeness (QED) is 0.688. The van der Waals surface area contributed by atoms with Gasteiger partial charge in [0.1, 0.15) is 5.69 Å². The number of aromatic nitrogens is 2. The minimum Gasteiger partial charge on any atom is -0.481 e. The smallest absolute Gasteiger partial charge is 0.308 e. The van der Waals surface area contributed by atoms with Crippen LogP contribution in [0, 0.1) is 12.8 Å². The summed E-state index contributed by atoms with van der Waals surface area (Å²) >= 11 is 0. The van der Waals surface area contributed by atoms with E-state index in [4.69, 9.17) is 5.11 Å². The summed E-state index contributed by atoms with van der Waals surface area (Å²) in [6.07, 6.45) is 1.32. The van der Waals surface area contributed by atoms with Gasteiger partial charge in [0.15, 0.2) is 0 Å². The number of carbonyl (C=O) groups excluding carboxylic acids is 1. The number of aryl methyl sites for hydroxylation is 1. The standard InChI is InChI=1S/C11H17N3O3/c1-3-4-8(11(16)17)6-12-10(15)9-5-7(2)13-14-9/h5,8H,3-4,6H2,1-2H3,(H,12,15)(H,13,14)(H,16,17). The third-order valence-corrected chi connectivity index (χ3v) is 2.43. The Kier molecular flexibility index (Phi) is 4.68. The first-order valence-corrected chi connectivity index (χ1v) is 5.57. The van der Waals surface area contributed by atoms with Crippen LogP contribution >= 0.6 is 0 Å². The Bertz CT molecular complexity index is 400. The van der Waals surface area contributed by atoms with E-state index in [9.17, 15) is 9.59 Å². The van der Waals surface area contributed by atoms with Crippen molar-refractivity contribution in [1.82, 2.24) is 15.5 Å². The molecule has 0 saturated carbocycles. The Labute approximate surface area is 99.4 Å². The molecule has 1 rings (SSSR count). The maximum absolute atomic E-state index is 11.6. The molecule has 0 spiro atoms. The molecule has 17 heavy (non-hydrogen) atoms. The van der Waals surface area contributed by atoms with Crippen molar-refractivity contribution in [3.63, 3.8) is 0 Å². The number of nitrogens with one attached hydrogen (secondary N) is 2. The highest BCUT2D eigenvalue weighted by Gasteiger charge is 2.18. The predicted molar refractivity (Wildman–Crippen MR) is 61.7 cm³/mol. The number of aromatic amines is 1. The summed E-state index contributed by atoms with van der Waals surface area (Å²) in [5.41, 5.74) is 1.07. The molecule has 94 valence electrons. The molecular weight excluding hydrogens is 222 g/mol. The summed E-state index contributed by atoms with van der Waals surface area (Å²) in [5, 5.41) is 18.0. The fourth-order valence-electron chi connectivity index (χ4n) is 1.50. The Morgan fingerprint density at radius 1 is 1.59 bits per heavy atom. The summed E-state index contributed by atoms with van der Waals surface area (Å²) < 4.78 is 0. The number of hydrogen-bond donors (Lipinski definition) is 3. The van der Waals surface area contributed by atoms with Crippen molar-refractivity contribution in [3.8, 4) is 0 Å². The second kappa shape index (κ2) is 6.03. The van der Waals surface area contributed by atoms with Crippen LogP contribution in [0.1, 0.15) is 35.9 Å². The van der Waals surface area contributed by atoms with Crippen LogP contribution in [0.15, 0.2) is 6.07 Å². The molecule has 0 aliphatic rings. The number of nitrogens with zero attached hydrogens (tertiary/aromatic N) is 1. The molecule has 1 heterocycles. The fourth-order valence-corrected chi connectivity index (χ4v) is 1.50. The van der Waals surface area contributed by atoms with Crippen molar-refractivity contribution < 1.29 is 14.7 Å². The van der Waals surface area contributed by atoms with Crippen LogP contribution in [0.3, 0.4) is 0 Å². The van der Waals surface area contributed by atoms with E-state index in [2.05, 4.69) is 15.5 Å². The summed E-state index contributed by atoms with van der Waals surface area (Å²) in [4.78, 5) is 22.5. The first kappa shape index (κ1) is 13.2. The Morgan fingerprint density at radius 3 is 2.76 bits per heavy atom. The van der Waals surface area contributed by atoms with E-state index in [-0.39, 0.29) is 18.1 Å². The summed E-state index contributed by atoms with van der Waals surface area (Å²) in [6.45, 7) is 3.84. The first-order valence-electron chi connectivity index (χ1n) is 5.57. The van der Waals surface area contributed by atoms with Crippen LogP contribution < -0.4 is 5.32 Å². The van der Waals surface area contributed by atoms with E-state index in [1.54, 1.807) is 13.0 Å². The van der Waals surface area contributed by atoms with Gasteiger partial charge in [-0.15, -0.1) is 0 Å². The maximum Gasteiger partial charge on any atom is 0.308 e. The molecule has 1 aromatic heterocycles. The van der Waals surface area contributed by atoms with Crippen molar-refractivity contribution in [2.45, 2.75) is 26.7 Å². The van der Waals surface area contributed by atoms with Crippen LogP contribution in [0.5, 0.6) is 0 Å². The molecule has 1 aromatic rings. The third-order valence-electron chi connectivity index (χ3n) is 2.43. The van der Waals surface area contributed by atoms with Crippen molar-refractivity contribution in [3.05, 3.63) is 17.5 Å². The highest BCUT2D eigenvalue weighted by Crippen LogP contribution is 2.05. The van der Waals surface area contributed by atoms with Gasteiger partial charge >= 0.3 is 5.97 Å². The van der Waals surface area contributed by atoms with Crippen molar-refractivity contribution in [1.29, 1.82) is 0 Å². The van der Waals surface area contributed by atoms with Crippen LogP contribution in [-0.2, 0) is 4.79 Å². The molecule has 1 amide bonds. The van der Waals surface area contributed by atoms with Gasteiger partial charge < -0.3 is 10.4 Å². The Morgan fingerprint density at radius 2 is 2.29 bits per heavy atom. The van der Waals surface area contributed by atoms with Crippen LogP contribution in [-0.4, -0.2) is 33.7 Å². The van der Waals surface area contributed by atoms with E-state index in [0.29, 0.717) is 6.42 Å². The lowest BCUT2D eigenvalue weighted by atomic mass is 10.0. The zero-order chi connectivity index (χ0) is 12.8. The van der Waals surface area contributed by atoms with Gasteiger partial charge in [-0.25, -0.2) is 0 Å². The lowest BCUT2D eigenvalue weighted by Gasteiger charge is -2.11. The van der Waals surface area contributed by atoms with Gasteiger partial charge in [0.05, 0.1) is 5.92 Å². The zero-order valence-corrected chi connectivity index (χ0v) is 9.99. The molecule has 6 nitrogen and oxygen atoms in total. The molecule has 0 fully saturated rings. The summed E-state index contributed by atoms with van der Waals surface area (Å²) in [6, 6.07) is 1.62. The average molecular weight is 239 g/mol. The Hall–Kier alpha value is -1.85. The number of carboxylic acid groups (broad SMARTS) is 1. The van der Waals surface area contributed by atoms with Gasteiger partial charge in [0.25, 0.3) is 5.91 Å². The fraction of sp³-hybridized carbons (Fsp3) is 0.545. The van der Waals surface area contributed by atoms with E-state index >= 15 is 0 Å². The molecule has 1 unspecified atom stereocenters. The van der Waals surface area contributed by atoms with E-state index in [0.717, 1.165) is 12.1 Å². The minimum absolute atomic E-state index is 0.133. The number of amides is 1. The Balaban J connectivity index is 2.49. The third kappa shape index (κ3) is 3.90. The molecule has 0 aromatic carbocycles. The number of H-pyrrole nitrogens is 1. The first-order chi connectivity index (χ1) is 8.04. The summed E-state index contributed by atoms with van der Waals surface area (Å²) in [7, 11) is 0. The lowest BCUT2D eigenvalue weighted by Crippen LogP contribution is -2.33. The molecule has 6 heteroatoms. The topological polar surface area (TPSA) is 95.1 Å². The number of carbonyl (C=O) groups is 2. The SMILES string of the molecule is CCCC(CNC(=O)c1cc(C)[nH]n1)C(=O)O. The largest absolute Gasteiger partial charge is 0.481 e. The van der Waals surface area contributed by atoms with Gasteiger partial charge in [0, 0.05) is 12.2 Å². The molecular formula is C11H17N3O3. The van der Waals surface area contributed by atoms with Crippen LogP contribution in [0.25, 0.3) is 0 Å². The number of aliphatic carboxylic acids is 1. The van der Waals surface area contributed by atoms with E-state index in [1.807, 2.05) is 6.92 Å². The number of carboxylic acids is 1. The van der Waals surface area contributed by atoms with E-state index < -0.39 is 11.9 Å². The summed E-state index contributed by atoms with van der Waals surface area (Å²) in [5.74, 6) is -1.77. The monoisotopic (exact) mass is 239 g/mol. The molecule has 0 bridgehead atoms. The molecule has 0 aliphatic heterocycles. The van der Waals surface area contributed by atoms with E-state index in [1.165, 1.54) is 0 Å².